The third kappa shape index (κ3) is 2.43. The minimum atomic E-state index is -0.117. The Morgan fingerprint density at radius 3 is 2.47 bits per heavy atom. The summed E-state index contributed by atoms with van der Waals surface area (Å²) >= 11 is 0. The zero-order valence-corrected chi connectivity index (χ0v) is 11.0. The largest absolute Gasteiger partial charge is 0.377 e. The average Bonchev–Trinajstić information content (AvgIpc) is 2.97. The fourth-order valence-electron chi connectivity index (χ4n) is 1.93. The predicted molar refractivity (Wildman–Crippen MR) is 71.5 cm³/mol. The van der Waals surface area contributed by atoms with Gasteiger partial charge in [-0.2, -0.15) is 0 Å². The number of carbonyl (C=O) groups is 1. The topological polar surface area (TPSA) is 32.3 Å². The van der Waals surface area contributed by atoms with E-state index in [-0.39, 0.29) is 11.3 Å². The summed E-state index contributed by atoms with van der Waals surface area (Å²) in [6.45, 7) is 4.08. The number of rotatable bonds is 3. The number of benzene rings is 1. The molecular weight excluding hydrogens is 212 g/mol. The smallest absolute Gasteiger partial charge is 0.230 e. The molecule has 0 radical (unpaired) electrons. The number of hydrogen-bond acceptors (Lipinski definition) is 2. The van der Waals surface area contributed by atoms with Gasteiger partial charge in [0.1, 0.15) is 0 Å². The lowest BCUT2D eigenvalue weighted by atomic mass is 10.1. The second-order valence-electron chi connectivity index (χ2n) is 5.41. The van der Waals surface area contributed by atoms with Gasteiger partial charge in [-0.05, 0) is 43.5 Å². The third-order valence-corrected chi connectivity index (χ3v) is 3.48. The molecule has 0 spiro atoms. The minimum absolute atomic E-state index is 0.117. The molecule has 1 aliphatic carbocycles. The number of nitrogens with zero attached hydrogens (tertiary/aromatic N) is 1. The van der Waals surface area contributed by atoms with Crippen LogP contribution in [0.4, 0.5) is 11.4 Å². The van der Waals surface area contributed by atoms with Crippen LogP contribution in [0.25, 0.3) is 0 Å². The van der Waals surface area contributed by atoms with Crippen molar-refractivity contribution in [2.45, 2.75) is 26.7 Å². The second kappa shape index (κ2) is 4.06. The summed E-state index contributed by atoms with van der Waals surface area (Å²) in [6.07, 6.45) is 2.02. The Balaban J connectivity index is 2.12. The molecule has 0 unspecified atom stereocenters. The van der Waals surface area contributed by atoms with Gasteiger partial charge in [-0.3, -0.25) is 4.79 Å². The Labute approximate surface area is 103 Å². The van der Waals surface area contributed by atoms with E-state index in [1.165, 1.54) is 11.3 Å². The molecule has 1 aliphatic rings. The van der Waals surface area contributed by atoms with E-state index in [4.69, 9.17) is 0 Å². The molecule has 3 heteroatoms. The molecule has 1 aromatic rings. The first-order valence-electron chi connectivity index (χ1n) is 6.02. The molecule has 92 valence electrons. The van der Waals surface area contributed by atoms with Gasteiger partial charge < -0.3 is 10.2 Å². The highest BCUT2D eigenvalue weighted by molar-refractivity contribution is 5.97. The second-order valence-corrected chi connectivity index (χ2v) is 5.41. The fraction of sp³-hybridized carbons (Fsp3) is 0.500. The summed E-state index contributed by atoms with van der Waals surface area (Å²) in [6, 6.07) is 6.03. The monoisotopic (exact) mass is 232 g/mol. The molecule has 0 aromatic heterocycles. The summed E-state index contributed by atoms with van der Waals surface area (Å²) in [5, 5.41) is 2.99. The normalized spacial score (nSPS) is 16.5. The first kappa shape index (κ1) is 12.0. The van der Waals surface area contributed by atoms with E-state index < -0.39 is 0 Å². The number of carbonyl (C=O) groups excluding carboxylic acids is 1. The van der Waals surface area contributed by atoms with Crippen LogP contribution in [0.2, 0.25) is 0 Å². The molecule has 3 nitrogen and oxygen atoms in total. The molecular formula is C14H20N2O. The van der Waals surface area contributed by atoms with Gasteiger partial charge in [0.2, 0.25) is 5.91 Å². The summed E-state index contributed by atoms with van der Waals surface area (Å²) in [7, 11) is 4.04. The highest BCUT2D eigenvalue weighted by atomic mass is 16.2. The Hall–Kier alpha value is -1.51. The number of amides is 1. The zero-order chi connectivity index (χ0) is 12.6. The van der Waals surface area contributed by atoms with Gasteiger partial charge in [0.25, 0.3) is 0 Å². The van der Waals surface area contributed by atoms with E-state index in [0.717, 1.165) is 18.5 Å². The fourth-order valence-corrected chi connectivity index (χ4v) is 1.93. The van der Waals surface area contributed by atoms with E-state index in [0.29, 0.717) is 0 Å². The van der Waals surface area contributed by atoms with Crippen molar-refractivity contribution >= 4 is 17.3 Å². The molecule has 0 saturated heterocycles. The van der Waals surface area contributed by atoms with Crippen molar-refractivity contribution in [3.05, 3.63) is 23.8 Å². The van der Waals surface area contributed by atoms with E-state index in [1.54, 1.807) is 0 Å². The molecule has 0 heterocycles. The molecule has 1 aromatic carbocycles. The van der Waals surface area contributed by atoms with Gasteiger partial charge in [-0.25, -0.2) is 0 Å². The van der Waals surface area contributed by atoms with Crippen LogP contribution in [0.5, 0.6) is 0 Å². The van der Waals surface area contributed by atoms with Crippen LogP contribution in [0, 0.1) is 12.3 Å². The van der Waals surface area contributed by atoms with Crippen molar-refractivity contribution in [2.75, 3.05) is 24.3 Å². The van der Waals surface area contributed by atoms with Gasteiger partial charge in [0, 0.05) is 30.9 Å². The molecule has 1 fully saturated rings. The third-order valence-electron chi connectivity index (χ3n) is 3.48. The zero-order valence-electron chi connectivity index (χ0n) is 11.0. The van der Waals surface area contributed by atoms with Crippen LogP contribution in [0.1, 0.15) is 25.3 Å². The summed E-state index contributed by atoms with van der Waals surface area (Å²) in [4.78, 5) is 14.0. The maximum Gasteiger partial charge on any atom is 0.230 e. The summed E-state index contributed by atoms with van der Waals surface area (Å²) in [5.41, 5.74) is 3.13. The Morgan fingerprint density at radius 2 is 2.00 bits per heavy atom. The van der Waals surface area contributed by atoms with Crippen LogP contribution in [-0.4, -0.2) is 20.0 Å². The number of hydrogen-bond donors (Lipinski definition) is 1. The van der Waals surface area contributed by atoms with E-state index in [9.17, 15) is 4.79 Å². The Kier molecular flexibility index (Phi) is 2.86. The first-order chi connectivity index (χ1) is 7.92. The van der Waals surface area contributed by atoms with Crippen molar-refractivity contribution in [3.8, 4) is 0 Å². The van der Waals surface area contributed by atoms with Crippen LogP contribution in [0.3, 0.4) is 0 Å². The van der Waals surface area contributed by atoms with Crippen molar-refractivity contribution in [1.29, 1.82) is 0 Å². The average molecular weight is 232 g/mol. The Bertz CT molecular complexity index is 448. The van der Waals surface area contributed by atoms with Gasteiger partial charge in [0.05, 0.1) is 0 Å². The molecule has 1 saturated carbocycles. The van der Waals surface area contributed by atoms with Crippen molar-refractivity contribution in [3.63, 3.8) is 0 Å². The van der Waals surface area contributed by atoms with Crippen LogP contribution >= 0.6 is 0 Å². The molecule has 0 atom stereocenters. The lowest BCUT2D eigenvalue weighted by Gasteiger charge is -2.17. The molecule has 1 N–H and O–H groups in total. The van der Waals surface area contributed by atoms with E-state index in [1.807, 2.05) is 39.2 Å². The van der Waals surface area contributed by atoms with Crippen LogP contribution in [0.15, 0.2) is 18.2 Å². The van der Waals surface area contributed by atoms with Gasteiger partial charge >= 0.3 is 0 Å². The van der Waals surface area contributed by atoms with Crippen molar-refractivity contribution < 1.29 is 4.79 Å². The van der Waals surface area contributed by atoms with Crippen LogP contribution in [-0.2, 0) is 4.79 Å². The van der Waals surface area contributed by atoms with Crippen molar-refractivity contribution in [2.24, 2.45) is 5.41 Å². The molecule has 0 bridgehead atoms. The highest BCUT2D eigenvalue weighted by Crippen LogP contribution is 2.45. The lowest BCUT2D eigenvalue weighted by molar-refractivity contribution is -0.120. The Morgan fingerprint density at radius 1 is 1.35 bits per heavy atom. The highest BCUT2D eigenvalue weighted by Gasteiger charge is 2.44. The van der Waals surface area contributed by atoms with Crippen molar-refractivity contribution in [1.82, 2.24) is 0 Å². The number of anilines is 2. The van der Waals surface area contributed by atoms with Gasteiger partial charge in [-0.1, -0.05) is 6.92 Å². The summed E-state index contributed by atoms with van der Waals surface area (Å²) in [5.74, 6) is 0.148. The minimum Gasteiger partial charge on any atom is -0.377 e. The van der Waals surface area contributed by atoms with Gasteiger partial charge in [0.15, 0.2) is 0 Å². The molecule has 0 aliphatic heterocycles. The number of nitrogens with one attached hydrogen (secondary N) is 1. The van der Waals surface area contributed by atoms with E-state index in [2.05, 4.69) is 17.1 Å². The standard InChI is InChI=1S/C14H20N2O/c1-10-9-11(5-6-12(10)16(3)4)15-13(17)14(2)7-8-14/h5-6,9H,7-8H2,1-4H3,(H,15,17). The molecule has 2 rings (SSSR count). The lowest BCUT2D eigenvalue weighted by Crippen LogP contribution is -2.21. The number of aryl methyl sites for hydroxylation is 1. The molecule has 1 amide bonds. The van der Waals surface area contributed by atoms with Gasteiger partial charge in [-0.15, -0.1) is 0 Å². The predicted octanol–water partition coefficient (Wildman–Crippen LogP) is 2.80. The SMILES string of the molecule is Cc1cc(NC(=O)C2(C)CC2)ccc1N(C)C. The maximum absolute atomic E-state index is 11.9. The quantitative estimate of drug-likeness (QED) is 0.869. The van der Waals surface area contributed by atoms with E-state index >= 15 is 0 Å². The molecule has 17 heavy (non-hydrogen) atoms. The maximum atomic E-state index is 11.9. The van der Waals surface area contributed by atoms with Crippen LogP contribution < -0.4 is 10.2 Å². The summed E-state index contributed by atoms with van der Waals surface area (Å²) < 4.78 is 0. The first-order valence-corrected chi connectivity index (χ1v) is 6.02.